The number of morpholine rings is 1. The Morgan fingerprint density at radius 3 is 2.69 bits per heavy atom. The van der Waals surface area contributed by atoms with Gasteiger partial charge in [-0.3, -0.25) is 0 Å². The Labute approximate surface area is 94.8 Å². The molecule has 2 rings (SSSR count). The lowest BCUT2D eigenvalue weighted by Gasteiger charge is -2.30. The summed E-state index contributed by atoms with van der Waals surface area (Å²) >= 11 is 0. The Balaban J connectivity index is 2.40. The average molecular weight is 223 g/mol. The molecule has 88 valence electrons. The zero-order valence-electron chi connectivity index (χ0n) is 9.78. The summed E-state index contributed by atoms with van der Waals surface area (Å²) in [4.78, 5) is 13.6. The van der Waals surface area contributed by atoms with Crippen molar-refractivity contribution < 1.29 is 9.15 Å². The minimum atomic E-state index is -0.267. The molecule has 1 aromatic rings. The van der Waals surface area contributed by atoms with Gasteiger partial charge in [0.2, 0.25) is 0 Å². The second-order valence-electron chi connectivity index (χ2n) is 3.94. The summed E-state index contributed by atoms with van der Waals surface area (Å²) in [6.07, 6.45) is 0.877. The third-order valence-electron chi connectivity index (χ3n) is 2.95. The van der Waals surface area contributed by atoms with E-state index >= 15 is 0 Å². The highest BCUT2D eigenvalue weighted by Crippen LogP contribution is 2.23. The van der Waals surface area contributed by atoms with Gasteiger partial charge >= 0.3 is 5.63 Å². The van der Waals surface area contributed by atoms with Crippen LogP contribution in [0.1, 0.15) is 18.2 Å². The zero-order chi connectivity index (χ0) is 11.5. The third-order valence-corrected chi connectivity index (χ3v) is 2.95. The summed E-state index contributed by atoms with van der Waals surface area (Å²) in [6.45, 7) is 7.06. The van der Waals surface area contributed by atoms with Gasteiger partial charge in [0.15, 0.2) is 0 Å². The van der Waals surface area contributed by atoms with E-state index in [9.17, 15) is 4.79 Å². The average Bonchev–Trinajstić information content (AvgIpc) is 2.29. The first-order valence-electron chi connectivity index (χ1n) is 5.68. The Bertz CT molecular complexity index is 419. The van der Waals surface area contributed by atoms with Crippen LogP contribution >= 0.6 is 0 Å². The van der Waals surface area contributed by atoms with E-state index in [1.807, 2.05) is 6.92 Å². The van der Waals surface area contributed by atoms with E-state index in [4.69, 9.17) is 9.15 Å². The Morgan fingerprint density at radius 1 is 1.38 bits per heavy atom. The van der Waals surface area contributed by atoms with E-state index in [0.29, 0.717) is 0 Å². The first-order valence-corrected chi connectivity index (χ1v) is 5.68. The van der Waals surface area contributed by atoms with Gasteiger partial charge in [0.1, 0.15) is 5.76 Å². The number of anilines is 1. The molecule has 4 nitrogen and oxygen atoms in total. The van der Waals surface area contributed by atoms with Gasteiger partial charge in [-0.2, -0.15) is 0 Å². The molecule has 2 heterocycles. The van der Waals surface area contributed by atoms with Crippen molar-refractivity contribution >= 4 is 5.69 Å². The maximum atomic E-state index is 11.4. The summed E-state index contributed by atoms with van der Waals surface area (Å²) < 4.78 is 10.4. The molecule has 0 unspecified atom stereocenters. The number of nitrogens with zero attached hydrogens (tertiary/aromatic N) is 1. The van der Waals surface area contributed by atoms with Crippen molar-refractivity contribution in [1.29, 1.82) is 0 Å². The standard InChI is InChI=1S/C12H17NO3/c1-3-10-9(2)16-12(14)8-11(10)13-4-6-15-7-5-13/h8H,3-7H2,1-2H3. The molecule has 1 saturated heterocycles. The fourth-order valence-electron chi connectivity index (χ4n) is 2.14. The molecule has 1 aliphatic heterocycles. The molecule has 0 aromatic carbocycles. The van der Waals surface area contributed by atoms with Crippen LogP contribution in [-0.4, -0.2) is 26.3 Å². The van der Waals surface area contributed by atoms with Gasteiger partial charge in [-0.05, 0) is 13.3 Å². The lowest BCUT2D eigenvalue weighted by Crippen LogP contribution is -2.37. The van der Waals surface area contributed by atoms with Crippen molar-refractivity contribution in [3.8, 4) is 0 Å². The van der Waals surface area contributed by atoms with Crippen molar-refractivity contribution in [2.75, 3.05) is 31.2 Å². The normalized spacial score (nSPS) is 16.5. The molecule has 0 radical (unpaired) electrons. The lowest BCUT2D eigenvalue weighted by atomic mass is 10.1. The van der Waals surface area contributed by atoms with Crippen LogP contribution < -0.4 is 10.5 Å². The molecule has 1 aliphatic rings. The molecule has 0 atom stereocenters. The Morgan fingerprint density at radius 2 is 2.06 bits per heavy atom. The van der Waals surface area contributed by atoms with Crippen molar-refractivity contribution in [1.82, 2.24) is 0 Å². The summed E-state index contributed by atoms with van der Waals surface area (Å²) in [7, 11) is 0. The van der Waals surface area contributed by atoms with Gasteiger partial charge in [0, 0.05) is 24.7 Å². The van der Waals surface area contributed by atoms with Gasteiger partial charge in [-0.15, -0.1) is 0 Å². The first-order chi connectivity index (χ1) is 7.72. The predicted molar refractivity (Wildman–Crippen MR) is 62.1 cm³/mol. The van der Waals surface area contributed by atoms with Crippen LogP contribution in [0.2, 0.25) is 0 Å². The van der Waals surface area contributed by atoms with Crippen molar-refractivity contribution in [2.45, 2.75) is 20.3 Å². The monoisotopic (exact) mass is 223 g/mol. The van der Waals surface area contributed by atoms with Gasteiger partial charge in [-0.25, -0.2) is 4.79 Å². The van der Waals surface area contributed by atoms with E-state index in [0.717, 1.165) is 49.7 Å². The van der Waals surface area contributed by atoms with Crippen LogP contribution in [0.4, 0.5) is 5.69 Å². The van der Waals surface area contributed by atoms with Crippen LogP contribution in [0.25, 0.3) is 0 Å². The van der Waals surface area contributed by atoms with Crippen molar-refractivity contribution in [2.24, 2.45) is 0 Å². The number of rotatable bonds is 2. The molecule has 1 aromatic heterocycles. The predicted octanol–water partition coefficient (Wildman–Crippen LogP) is 1.35. The van der Waals surface area contributed by atoms with Gasteiger partial charge < -0.3 is 14.1 Å². The molecule has 16 heavy (non-hydrogen) atoms. The maximum Gasteiger partial charge on any atom is 0.337 e. The molecule has 0 aliphatic carbocycles. The van der Waals surface area contributed by atoms with Gasteiger partial charge in [-0.1, -0.05) is 6.92 Å². The van der Waals surface area contributed by atoms with Crippen molar-refractivity contribution in [3.63, 3.8) is 0 Å². The third kappa shape index (κ3) is 2.11. The molecule has 0 N–H and O–H groups in total. The Hall–Kier alpha value is -1.29. The fraction of sp³-hybridized carbons (Fsp3) is 0.583. The Kier molecular flexibility index (Phi) is 3.29. The fourth-order valence-corrected chi connectivity index (χ4v) is 2.14. The number of ether oxygens (including phenoxy) is 1. The molecular formula is C12H17NO3. The quantitative estimate of drug-likeness (QED) is 0.759. The van der Waals surface area contributed by atoms with Crippen LogP contribution in [0.15, 0.2) is 15.3 Å². The van der Waals surface area contributed by atoms with Crippen molar-refractivity contribution in [3.05, 3.63) is 27.8 Å². The van der Waals surface area contributed by atoms with Crippen LogP contribution in [0, 0.1) is 6.92 Å². The van der Waals surface area contributed by atoms with E-state index in [1.54, 1.807) is 6.07 Å². The summed E-state index contributed by atoms with van der Waals surface area (Å²) in [5, 5.41) is 0. The highest BCUT2D eigenvalue weighted by molar-refractivity contribution is 5.54. The largest absolute Gasteiger partial charge is 0.428 e. The van der Waals surface area contributed by atoms with E-state index in [1.165, 1.54) is 0 Å². The van der Waals surface area contributed by atoms with Crippen LogP contribution in [0.5, 0.6) is 0 Å². The van der Waals surface area contributed by atoms with E-state index in [2.05, 4.69) is 11.8 Å². The molecule has 0 spiro atoms. The van der Waals surface area contributed by atoms with Crippen LogP contribution in [0.3, 0.4) is 0 Å². The molecule has 1 fully saturated rings. The molecule has 4 heteroatoms. The molecule has 0 saturated carbocycles. The summed E-state index contributed by atoms with van der Waals surface area (Å²) in [6, 6.07) is 1.59. The zero-order valence-corrected chi connectivity index (χ0v) is 9.78. The van der Waals surface area contributed by atoms with Crippen LogP contribution in [-0.2, 0) is 11.2 Å². The second kappa shape index (κ2) is 4.70. The molecular weight excluding hydrogens is 206 g/mol. The highest BCUT2D eigenvalue weighted by atomic mass is 16.5. The van der Waals surface area contributed by atoms with E-state index < -0.39 is 0 Å². The highest BCUT2D eigenvalue weighted by Gasteiger charge is 2.17. The number of hydrogen-bond acceptors (Lipinski definition) is 4. The second-order valence-corrected chi connectivity index (χ2v) is 3.94. The maximum absolute atomic E-state index is 11.4. The smallest absolute Gasteiger partial charge is 0.337 e. The van der Waals surface area contributed by atoms with E-state index in [-0.39, 0.29) is 5.63 Å². The molecule has 0 bridgehead atoms. The number of aryl methyl sites for hydroxylation is 1. The first kappa shape index (κ1) is 11.2. The SMILES string of the molecule is CCc1c(N2CCOCC2)cc(=O)oc1C. The van der Waals surface area contributed by atoms with Gasteiger partial charge in [0.25, 0.3) is 0 Å². The number of hydrogen-bond donors (Lipinski definition) is 0. The molecule has 0 amide bonds. The topological polar surface area (TPSA) is 42.7 Å². The summed E-state index contributed by atoms with van der Waals surface area (Å²) in [5.41, 5.74) is 1.87. The minimum absolute atomic E-state index is 0.267. The summed E-state index contributed by atoms with van der Waals surface area (Å²) in [5.74, 6) is 0.733. The van der Waals surface area contributed by atoms with Gasteiger partial charge in [0.05, 0.1) is 18.9 Å². The lowest BCUT2D eigenvalue weighted by molar-refractivity contribution is 0.122. The minimum Gasteiger partial charge on any atom is -0.428 e.